The number of guanidine groups is 1. The van der Waals surface area contributed by atoms with Gasteiger partial charge in [0.15, 0.2) is 15.8 Å². The molecule has 7 nitrogen and oxygen atoms in total. The van der Waals surface area contributed by atoms with Crippen LogP contribution in [0.25, 0.3) is 0 Å². The van der Waals surface area contributed by atoms with Gasteiger partial charge in [-0.1, -0.05) is 36.4 Å². The molecular formula is C22H27N5O2S. The normalized spacial score (nSPS) is 12.0. The zero-order valence-corrected chi connectivity index (χ0v) is 18.1. The van der Waals surface area contributed by atoms with Crippen LogP contribution in [0.4, 0.5) is 0 Å². The Balaban J connectivity index is 1.43. The minimum Gasteiger partial charge on any atom is -0.356 e. The van der Waals surface area contributed by atoms with E-state index in [2.05, 4.69) is 44.9 Å². The zero-order chi connectivity index (χ0) is 21.4. The lowest BCUT2D eigenvalue weighted by atomic mass is 10.1. The van der Waals surface area contributed by atoms with Crippen LogP contribution in [-0.2, 0) is 29.3 Å². The molecule has 3 aromatic rings. The van der Waals surface area contributed by atoms with Crippen LogP contribution >= 0.6 is 0 Å². The number of aromatic nitrogens is 2. The van der Waals surface area contributed by atoms with E-state index in [0.717, 1.165) is 24.5 Å². The standard InChI is InChI=1S/C22H27N5O2S/c1-23-22(25-12-11-18-7-9-21(10-8-18)30(2,28)29)26-15-19-3-5-20(6-4-19)16-27-14-13-24-17-27/h3-10,13-14,17H,11-12,15-16H2,1-2H3,(H2,23,25,26). The summed E-state index contributed by atoms with van der Waals surface area (Å²) < 4.78 is 25.1. The van der Waals surface area contributed by atoms with Gasteiger partial charge >= 0.3 is 0 Å². The maximum atomic E-state index is 11.5. The van der Waals surface area contributed by atoms with Crippen LogP contribution in [0.1, 0.15) is 16.7 Å². The largest absolute Gasteiger partial charge is 0.356 e. The van der Waals surface area contributed by atoms with Crippen molar-refractivity contribution in [3.05, 3.63) is 83.9 Å². The van der Waals surface area contributed by atoms with Crippen molar-refractivity contribution >= 4 is 15.8 Å². The van der Waals surface area contributed by atoms with Crippen LogP contribution < -0.4 is 10.6 Å². The van der Waals surface area contributed by atoms with Crippen LogP contribution in [0.5, 0.6) is 0 Å². The fourth-order valence-electron chi connectivity index (χ4n) is 2.99. The van der Waals surface area contributed by atoms with Gasteiger partial charge in [0.2, 0.25) is 0 Å². The van der Waals surface area contributed by atoms with Crippen molar-refractivity contribution in [2.24, 2.45) is 4.99 Å². The Bertz CT molecular complexity index is 1060. The van der Waals surface area contributed by atoms with Gasteiger partial charge in [-0.25, -0.2) is 13.4 Å². The molecule has 2 aromatic carbocycles. The number of rotatable bonds is 8. The molecule has 8 heteroatoms. The summed E-state index contributed by atoms with van der Waals surface area (Å²) in [5, 5.41) is 6.59. The Morgan fingerprint density at radius 3 is 2.27 bits per heavy atom. The third-order valence-electron chi connectivity index (χ3n) is 4.69. The van der Waals surface area contributed by atoms with Gasteiger partial charge in [-0.2, -0.15) is 0 Å². The van der Waals surface area contributed by atoms with Gasteiger partial charge in [0, 0.05) is 45.3 Å². The number of imidazole rings is 1. The van der Waals surface area contributed by atoms with E-state index in [0.29, 0.717) is 18.0 Å². The van der Waals surface area contributed by atoms with Gasteiger partial charge < -0.3 is 15.2 Å². The Morgan fingerprint density at radius 1 is 1.00 bits per heavy atom. The van der Waals surface area contributed by atoms with E-state index in [9.17, 15) is 8.42 Å². The summed E-state index contributed by atoms with van der Waals surface area (Å²) in [5.41, 5.74) is 3.46. The Morgan fingerprint density at radius 2 is 1.67 bits per heavy atom. The number of sulfone groups is 1. The zero-order valence-electron chi connectivity index (χ0n) is 17.2. The lowest BCUT2D eigenvalue weighted by molar-refractivity contribution is 0.602. The van der Waals surface area contributed by atoms with E-state index < -0.39 is 9.84 Å². The van der Waals surface area contributed by atoms with E-state index in [1.807, 2.05) is 29.2 Å². The molecule has 0 radical (unpaired) electrons. The number of aliphatic imine (C=N–C) groups is 1. The smallest absolute Gasteiger partial charge is 0.191 e. The molecule has 0 saturated carbocycles. The summed E-state index contributed by atoms with van der Waals surface area (Å²) in [6.07, 6.45) is 7.53. The molecule has 3 rings (SSSR count). The van der Waals surface area contributed by atoms with Crippen molar-refractivity contribution in [3.63, 3.8) is 0 Å². The highest BCUT2D eigenvalue weighted by molar-refractivity contribution is 7.90. The van der Waals surface area contributed by atoms with E-state index in [-0.39, 0.29) is 0 Å². The van der Waals surface area contributed by atoms with Crippen molar-refractivity contribution in [2.45, 2.75) is 24.4 Å². The number of hydrogen-bond donors (Lipinski definition) is 2. The molecular weight excluding hydrogens is 398 g/mol. The first kappa shape index (κ1) is 21.6. The molecule has 0 unspecified atom stereocenters. The first-order valence-corrected chi connectivity index (χ1v) is 11.6. The fourth-order valence-corrected chi connectivity index (χ4v) is 3.62. The van der Waals surface area contributed by atoms with Crippen LogP contribution in [0.15, 0.2) is 77.1 Å². The van der Waals surface area contributed by atoms with Crippen LogP contribution in [0, 0.1) is 0 Å². The molecule has 0 atom stereocenters. The van der Waals surface area contributed by atoms with Gasteiger partial charge in [0.1, 0.15) is 0 Å². The molecule has 158 valence electrons. The third-order valence-corrected chi connectivity index (χ3v) is 5.82. The molecule has 1 aromatic heterocycles. The van der Waals surface area contributed by atoms with Crippen molar-refractivity contribution in [1.29, 1.82) is 0 Å². The highest BCUT2D eigenvalue weighted by Crippen LogP contribution is 2.10. The molecule has 0 aliphatic carbocycles. The molecule has 0 aliphatic heterocycles. The first-order valence-electron chi connectivity index (χ1n) is 9.71. The van der Waals surface area contributed by atoms with Gasteiger partial charge in [-0.05, 0) is 35.2 Å². The molecule has 0 aliphatic rings. The lowest BCUT2D eigenvalue weighted by Crippen LogP contribution is -2.37. The van der Waals surface area contributed by atoms with E-state index >= 15 is 0 Å². The van der Waals surface area contributed by atoms with Gasteiger partial charge in [0.05, 0.1) is 11.2 Å². The highest BCUT2D eigenvalue weighted by atomic mass is 32.2. The minimum atomic E-state index is -3.16. The van der Waals surface area contributed by atoms with Crippen molar-refractivity contribution in [3.8, 4) is 0 Å². The summed E-state index contributed by atoms with van der Waals surface area (Å²) in [7, 11) is -1.42. The summed E-state index contributed by atoms with van der Waals surface area (Å²) in [4.78, 5) is 8.65. The fraction of sp³-hybridized carbons (Fsp3) is 0.273. The van der Waals surface area contributed by atoms with Crippen molar-refractivity contribution in [1.82, 2.24) is 20.2 Å². The third kappa shape index (κ3) is 6.45. The summed E-state index contributed by atoms with van der Waals surface area (Å²) >= 11 is 0. The molecule has 0 fully saturated rings. The van der Waals surface area contributed by atoms with Crippen LogP contribution in [-0.4, -0.2) is 43.8 Å². The number of nitrogens with zero attached hydrogens (tertiary/aromatic N) is 3. The maximum Gasteiger partial charge on any atom is 0.191 e. The SMILES string of the molecule is CN=C(NCCc1ccc(S(C)(=O)=O)cc1)NCc1ccc(Cn2ccnc2)cc1. The lowest BCUT2D eigenvalue weighted by Gasteiger charge is -2.12. The molecule has 30 heavy (non-hydrogen) atoms. The molecule has 2 N–H and O–H groups in total. The monoisotopic (exact) mass is 425 g/mol. The van der Waals surface area contributed by atoms with E-state index in [1.165, 1.54) is 17.4 Å². The Kier molecular flexibility index (Phi) is 7.24. The maximum absolute atomic E-state index is 11.5. The topological polar surface area (TPSA) is 88.4 Å². The van der Waals surface area contributed by atoms with Crippen molar-refractivity contribution in [2.75, 3.05) is 19.8 Å². The second kappa shape index (κ2) is 10.1. The average molecular weight is 426 g/mol. The summed E-state index contributed by atoms with van der Waals surface area (Å²) in [6.45, 7) is 2.18. The van der Waals surface area contributed by atoms with Gasteiger partial charge in [0.25, 0.3) is 0 Å². The van der Waals surface area contributed by atoms with Gasteiger partial charge in [-0.15, -0.1) is 0 Å². The Hall–Kier alpha value is -3.13. The van der Waals surface area contributed by atoms with Gasteiger partial charge in [-0.3, -0.25) is 4.99 Å². The van der Waals surface area contributed by atoms with Crippen LogP contribution in [0.2, 0.25) is 0 Å². The quantitative estimate of drug-likeness (QED) is 0.427. The predicted molar refractivity (Wildman–Crippen MR) is 119 cm³/mol. The Labute approximate surface area is 177 Å². The first-order chi connectivity index (χ1) is 14.4. The second-order valence-electron chi connectivity index (χ2n) is 7.07. The molecule has 1 heterocycles. The highest BCUT2D eigenvalue weighted by Gasteiger charge is 2.06. The number of benzene rings is 2. The summed E-state index contributed by atoms with van der Waals surface area (Å²) in [6, 6.07) is 15.4. The van der Waals surface area contributed by atoms with E-state index in [4.69, 9.17) is 0 Å². The van der Waals surface area contributed by atoms with Crippen LogP contribution in [0.3, 0.4) is 0 Å². The molecule has 0 spiro atoms. The molecule has 0 bridgehead atoms. The summed E-state index contributed by atoms with van der Waals surface area (Å²) in [5.74, 6) is 0.727. The number of nitrogens with one attached hydrogen (secondary N) is 2. The van der Waals surface area contributed by atoms with E-state index in [1.54, 1.807) is 25.4 Å². The average Bonchev–Trinajstić information content (AvgIpc) is 3.24. The molecule has 0 saturated heterocycles. The predicted octanol–water partition coefficient (Wildman–Crippen LogP) is 2.24. The molecule has 0 amide bonds. The second-order valence-corrected chi connectivity index (χ2v) is 9.09. The van der Waals surface area contributed by atoms with Crippen molar-refractivity contribution < 1.29 is 8.42 Å². The minimum absolute atomic E-state index is 0.340. The number of hydrogen-bond acceptors (Lipinski definition) is 4.